The van der Waals surface area contributed by atoms with Gasteiger partial charge in [-0.2, -0.15) is 5.26 Å². The van der Waals surface area contributed by atoms with Crippen LogP contribution in [0.4, 0.5) is 13.2 Å². The third-order valence-corrected chi connectivity index (χ3v) is 2.23. The number of halogens is 4. The lowest BCUT2D eigenvalue weighted by Gasteiger charge is -2.13. The fraction of sp³-hybridized carbons (Fsp3) is 0.333. The van der Waals surface area contributed by atoms with Crippen LogP contribution in [0.15, 0.2) is 6.07 Å². The summed E-state index contributed by atoms with van der Waals surface area (Å²) in [5.74, 6) is -0.860. The Hall–Kier alpha value is -1.24. The van der Waals surface area contributed by atoms with Crippen LogP contribution < -0.4 is 9.47 Å². The first-order valence-corrected chi connectivity index (χ1v) is 5.31. The van der Waals surface area contributed by atoms with Crippen molar-refractivity contribution in [2.45, 2.75) is 12.8 Å². The van der Waals surface area contributed by atoms with Crippen molar-refractivity contribution < 1.29 is 22.6 Å². The minimum atomic E-state index is -4.85. The second-order valence-electron chi connectivity index (χ2n) is 2.83. The van der Waals surface area contributed by atoms with Crippen LogP contribution in [0, 0.1) is 15.0 Å². The van der Waals surface area contributed by atoms with Crippen LogP contribution in [0.25, 0.3) is 0 Å². The number of hydrogen-bond donors (Lipinski definition) is 0. The van der Waals surface area contributed by atoms with Crippen LogP contribution in [0.5, 0.6) is 11.6 Å². The number of aromatic nitrogens is 1. The van der Waals surface area contributed by atoms with E-state index in [-0.39, 0.29) is 15.9 Å². The molecule has 0 fully saturated rings. The number of alkyl halides is 3. The maximum Gasteiger partial charge on any atom is 0.574 e. The van der Waals surface area contributed by atoms with Gasteiger partial charge in [-0.25, -0.2) is 4.98 Å². The molecule has 1 aromatic rings. The average Bonchev–Trinajstić information content (AvgIpc) is 2.15. The maximum atomic E-state index is 12.1. The van der Waals surface area contributed by atoms with E-state index in [1.807, 2.05) is 6.07 Å². The highest BCUT2D eigenvalue weighted by Gasteiger charge is 2.34. The summed E-state index contributed by atoms with van der Waals surface area (Å²) >= 11 is 1.73. The Labute approximate surface area is 108 Å². The molecule has 0 N–H and O–H groups in total. The van der Waals surface area contributed by atoms with Crippen molar-refractivity contribution >= 4 is 22.6 Å². The van der Waals surface area contributed by atoms with Crippen molar-refractivity contribution in [2.24, 2.45) is 0 Å². The molecule has 0 radical (unpaired) electrons. The molecule has 0 saturated carbocycles. The van der Waals surface area contributed by atoms with E-state index in [0.29, 0.717) is 5.56 Å². The molecule has 0 amide bonds. The highest BCUT2D eigenvalue weighted by molar-refractivity contribution is 14.1. The van der Waals surface area contributed by atoms with Crippen LogP contribution in [-0.4, -0.2) is 18.5 Å². The number of nitriles is 1. The Morgan fingerprint density at radius 2 is 2.18 bits per heavy atom. The molecule has 0 spiro atoms. The maximum absolute atomic E-state index is 12.1. The quantitative estimate of drug-likeness (QED) is 0.616. The molecular weight excluding hydrogens is 352 g/mol. The van der Waals surface area contributed by atoms with Crippen LogP contribution >= 0.6 is 22.6 Å². The molecule has 1 rings (SSSR count). The van der Waals surface area contributed by atoms with Crippen molar-refractivity contribution in [3.8, 4) is 17.7 Å². The lowest BCUT2D eigenvalue weighted by atomic mass is 10.2. The number of ether oxygens (including phenoxy) is 2. The number of pyridine rings is 1. The Kier molecular flexibility index (Phi) is 4.39. The zero-order valence-electron chi connectivity index (χ0n) is 8.51. The summed E-state index contributed by atoms with van der Waals surface area (Å²) in [6.07, 6.45) is -4.94. The molecule has 0 aliphatic rings. The minimum absolute atomic E-state index is 0.0874. The fourth-order valence-corrected chi connectivity index (χ4v) is 1.74. The predicted octanol–water partition coefficient (Wildman–Crippen LogP) is 2.66. The summed E-state index contributed by atoms with van der Waals surface area (Å²) in [5.41, 5.74) is 0.300. The molecule has 8 heteroatoms. The predicted molar refractivity (Wildman–Crippen MR) is 59.5 cm³/mol. The van der Waals surface area contributed by atoms with Gasteiger partial charge in [-0.05, 0) is 28.7 Å². The molecule has 0 atom stereocenters. The van der Waals surface area contributed by atoms with Gasteiger partial charge in [-0.3, -0.25) is 0 Å². The molecule has 4 nitrogen and oxygen atoms in total. The van der Waals surface area contributed by atoms with Gasteiger partial charge in [0.05, 0.1) is 19.6 Å². The molecule has 0 bridgehead atoms. The van der Waals surface area contributed by atoms with Crippen molar-refractivity contribution in [1.82, 2.24) is 4.98 Å². The normalized spacial score (nSPS) is 10.8. The molecule has 0 aliphatic carbocycles. The van der Waals surface area contributed by atoms with E-state index in [0.717, 1.165) is 0 Å². The van der Waals surface area contributed by atoms with Gasteiger partial charge in [0.1, 0.15) is 3.70 Å². The van der Waals surface area contributed by atoms with Gasteiger partial charge in [0, 0.05) is 5.56 Å². The second-order valence-corrected chi connectivity index (χ2v) is 3.93. The van der Waals surface area contributed by atoms with E-state index in [4.69, 9.17) is 10.00 Å². The highest BCUT2D eigenvalue weighted by atomic mass is 127. The number of nitrogens with zero attached hydrogens (tertiary/aromatic N) is 2. The van der Waals surface area contributed by atoms with Gasteiger partial charge in [0.25, 0.3) is 5.88 Å². The lowest BCUT2D eigenvalue weighted by molar-refractivity contribution is -0.276. The van der Waals surface area contributed by atoms with Crippen molar-refractivity contribution in [3.63, 3.8) is 0 Å². The number of rotatable bonds is 3. The lowest BCUT2D eigenvalue weighted by Crippen LogP contribution is -2.19. The molecule has 0 saturated heterocycles. The van der Waals surface area contributed by atoms with Gasteiger partial charge in [0.15, 0.2) is 5.75 Å². The van der Waals surface area contributed by atoms with Crippen LogP contribution in [-0.2, 0) is 6.42 Å². The number of methoxy groups -OCH3 is 1. The molecular formula is C9H6F3IN2O2. The second kappa shape index (κ2) is 5.39. The van der Waals surface area contributed by atoms with Gasteiger partial charge in [0.2, 0.25) is 0 Å². The number of hydrogen-bond acceptors (Lipinski definition) is 4. The van der Waals surface area contributed by atoms with E-state index in [9.17, 15) is 13.2 Å². The third-order valence-electron chi connectivity index (χ3n) is 1.67. The smallest absolute Gasteiger partial charge is 0.491 e. The Balaban J connectivity index is 3.24. The van der Waals surface area contributed by atoms with Crippen LogP contribution in [0.3, 0.4) is 0 Å². The average molecular weight is 358 g/mol. The van der Waals surface area contributed by atoms with Gasteiger partial charge in [-0.1, -0.05) is 0 Å². The van der Waals surface area contributed by atoms with Gasteiger partial charge >= 0.3 is 6.36 Å². The van der Waals surface area contributed by atoms with Crippen LogP contribution in [0.2, 0.25) is 0 Å². The SMILES string of the molecule is COc1c(CC#N)cc(I)nc1OC(F)(F)F. The summed E-state index contributed by atoms with van der Waals surface area (Å²) in [6.45, 7) is 0. The van der Waals surface area contributed by atoms with E-state index in [2.05, 4.69) is 9.72 Å². The van der Waals surface area contributed by atoms with E-state index >= 15 is 0 Å². The van der Waals surface area contributed by atoms with E-state index in [1.54, 1.807) is 22.6 Å². The van der Waals surface area contributed by atoms with Crippen LogP contribution in [0.1, 0.15) is 5.56 Å². The molecule has 0 aromatic carbocycles. The van der Waals surface area contributed by atoms with Gasteiger partial charge in [-0.15, -0.1) is 13.2 Å². The highest BCUT2D eigenvalue weighted by Crippen LogP contribution is 2.34. The van der Waals surface area contributed by atoms with Crippen molar-refractivity contribution in [3.05, 3.63) is 15.3 Å². The van der Waals surface area contributed by atoms with Crippen molar-refractivity contribution in [1.29, 1.82) is 5.26 Å². The zero-order valence-corrected chi connectivity index (χ0v) is 10.7. The third kappa shape index (κ3) is 3.92. The Bertz CT molecular complexity index is 457. The minimum Gasteiger partial charge on any atom is -0.491 e. The molecule has 0 aliphatic heterocycles. The monoisotopic (exact) mass is 358 g/mol. The summed E-state index contributed by atoms with van der Waals surface area (Å²) < 4.78 is 45.2. The first-order chi connectivity index (χ1) is 7.87. The summed E-state index contributed by atoms with van der Waals surface area (Å²) in [7, 11) is 1.19. The largest absolute Gasteiger partial charge is 0.574 e. The first-order valence-electron chi connectivity index (χ1n) is 4.23. The molecule has 17 heavy (non-hydrogen) atoms. The summed E-state index contributed by atoms with van der Waals surface area (Å²) in [6, 6.07) is 3.29. The zero-order chi connectivity index (χ0) is 13.1. The molecule has 1 aromatic heterocycles. The van der Waals surface area contributed by atoms with Gasteiger partial charge < -0.3 is 9.47 Å². The molecule has 1 heterocycles. The first kappa shape index (κ1) is 13.8. The fourth-order valence-electron chi connectivity index (χ4n) is 1.14. The Morgan fingerprint density at radius 3 is 2.65 bits per heavy atom. The summed E-state index contributed by atoms with van der Waals surface area (Å²) in [5, 5.41) is 8.56. The van der Waals surface area contributed by atoms with Crippen molar-refractivity contribution in [2.75, 3.05) is 7.11 Å². The molecule has 92 valence electrons. The standard InChI is InChI=1S/C9H6F3IN2O2/c1-16-7-5(2-3-14)4-6(13)15-8(7)17-9(10,11)12/h4H,2H2,1H3. The van der Waals surface area contributed by atoms with E-state index < -0.39 is 12.2 Å². The summed E-state index contributed by atoms with van der Waals surface area (Å²) in [4.78, 5) is 3.58. The Morgan fingerprint density at radius 1 is 1.53 bits per heavy atom. The molecule has 0 unspecified atom stereocenters. The van der Waals surface area contributed by atoms with E-state index in [1.165, 1.54) is 13.2 Å². The topological polar surface area (TPSA) is 55.1 Å².